The molecule has 0 unspecified atom stereocenters. The molecule has 0 aliphatic carbocycles. The van der Waals surface area contributed by atoms with Crippen molar-refractivity contribution in [2.75, 3.05) is 20.6 Å². The van der Waals surface area contributed by atoms with Crippen LogP contribution in [-0.4, -0.2) is 52.3 Å². The first-order chi connectivity index (χ1) is 20.1. The van der Waals surface area contributed by atoms with Gasteiger partial charge in [-0.05, 0) is 112 Å². The zero-order chi connectivity index (χ0) is 32.2. The third kappa shape index (κ3) is 8.34. The summed E-state index contributed by atoms with van der Waals surface area (Å²) in [6.07, 6.45) is 0.224. The fraction of sp³-hybridized carbons (Fsp3) is 0.455. The lowest BCUT2D eigenvalue weighted by Gasteiger charge is -2.26. The Kier molecular flexibility index (Phi) is 11.0. The summed E-state index contributed by atoms with van der Waals surface area (Å²) < 4.78 is 30.9. The molecule has 1 heterocycles. The molecule has 0 aliphatic rings. The first-order valence-corrected chi connectivity index (χ1v) is 14.4. The van der Waals surface area contributed by atoms with Gasteiger partial charge in [-0.15, -0.1) is 0 Å². The number of aliphatic carboxylic acids is 1. The highest BCUT2D eigenvalue weighted by Gasteiger charge is 2.30. The smallest absolute Gasteiger partial charge is 0.305 e. The SMILES string of the molecule is Cc1cc(-c2c(C)cc(F)cc2C)cc([C@H](CC(=O)O)NC(=O)[C@H](CC(C)C)n2nc(CCN(C)C)cc(C)c2=O)c1F. The highest BCUT2D eigenvalue weighted by Crippen LogP contribution is 2.34. The van der Waals surface area contributed by atoms with Crippen molar-refractivity contribution >= 4 is 11.9 Å². The second-order valence-electron chi connectivity index (χ2n) is 12.0. The van der Waals surface area contributed by atoms with Crippen molar-refractivity contribution in [1.29, 1.82) is 0 Å². The van der Waals surface area contributed by atoms with Gasteiger partial charge in [0.2, 0.25) is 5.91 Å². The number of aryl methyl sites for hydroxylation is 4. The molecule has 2 aromatic carbocycles. The van der Waals surface area contributed by atoms with E-state index in [2.05, 4.69) is 10.4 Å². The summed E-state index contributed by atoms with van der Waals surface area (Å²) in [6, 6.07) is 5.32. The molecule has 43 heavy (non-hydrogen) atoms. The van der Waals surface area contributed by atoms with E-state index in [1.54, 1.807) is 39.8 Å². The summed E-state index contributed by atoms with van der Waals surface area (Å²) in [5.74, 6) is -2.92. The van der Waals surface area contributed by atoms with Gasteiger partial charge in [-0.25, -0.2) is 13.5 Å². The van der Waals surface area contributed by atoms with Crippen molar-refractivity contribution in [3.8, 4) is 11.1 Å². The normalized spacial score (nSPS) is 12.9. The average Bonchev–Trinajstić information content (AvgIpc) is 2.88. The van der Waals surface area contributed by atoms with Crippen LogP contribution in [0.3, 0.4) is 0 Å². The average molecular weight is 597 g/mol. The van der Waals surface area contributed by atoms with E-state index >= 15 is 4.39 Å². The Labute approximate surface area is 251 Å². The third-order valence-electron chi connectivity index (χ3n) is 7.41. The van der Waals surface area contributed by atoms with E-state index in [4.69, 9.17) is 0 Å². The first-order valence-electron chi connectivity index (χ1n) is 14.4. The molecule has 232 valence electrons. The molecule has 0 bridgehead atoms. The largest absolute Gasteiger partial charge is 0.481 e. The van der Waals surface area contributed by atoms with Crippen molar-refractivity contribution < 1.29 is 23.5 Å². The first kappa shape index (κ1) is 33.6. The van der Waals surface area contributed by atoms with E-state index in [-0.39, 0.29) is 23.5 Å². The Morgan fingerprint density at radius 2 is 1.60 bits per heavy atom. The number of likely N-dealkylation sites (N-methyl/N-ethyl adjacent to an activating group) is 1. The van der Waals surface area contributed by atoms with Gasteiger partial charge in [0.05, 0.1) is 18.2 Å². The number of benzene rings is 2. The minimum Gasteiger partial charge on any atom is -0.481 e. The minimum atomic E-state index is -1.24. The molecule has 1 amide bonds. The van der Waals surface area contributed by atoms with E-state index in [1.807, 2.05) is 32.8 Å². The van der Waals surface area contributed by atoms with Gasteiger partial charge >= 0.3 is 5.97 Å². The van der Waals surface area contributed by atoms with Gasteiger partial charge in [-0.1, -0.05) is 13.8 Å². The third-order valence-corrected chi connectivity index (χ3v) is 7.41. The van der Waals surface area contributed by atoms with Gasteiger partial charge < -0.3 is 15.3 Å². The van der Waals surface area contributed by atoms with Gasteiger partial charge in [0.1, 0.15) is 17.7 Å². The number of carbonyl (C=O) groups is 2. The number of hydrogen-bond acceptors (Lipinski definition) is 5. The summed E-state index contributed by atoms with van der Waals surface area (Å²) in [4.78, 5) is 41.1. The molecule has 10 heteroatoms. The molecule has 2 atom stereocenters. The maximum atomic E-state index is 15.7. The molecule has 3 rings (SSSR count). The van der Waals surface area contributed by atoms with E-state index in [9.17, 15) is 23.9 Å². The van der Waals surface area contributed by atoms with Crippen LogP contribution in [0, 0.1) is 45.2 Å². The van der Waals surface area contributed by atoms with Crippen molar-refractivity contribution in [2.45, 2.75) is 72.9 Å². The number of carbonyl (C=O) groups excluding carboxylic acids is 1. The van der Waals surface area contributed by atoms with Crippen LogP contribution >= 0.6 is 0 Å². The highest BCUT2D eigenvalue weighted by atomic mass is 19.1. The van der Waals surface area contributed by atoms with Gasteiger partial charge in [0, 0.05) is 24.1 Å². The van der Waals surface area contributed by atoms with E-state index in [0.29, 0.717) is 46.5 Å². The van der Waals surface area contributed by atoms with E-state index in [1.165, 1.54) is 22.9 Å². The number of amides is 1. The van der Waals surface area contributed by atoms with Crippen LogP contribution in [0.4, 0.5) is 8.78 Å². The Balaban J connectivity index is 2.11. The number of hydrogen-bond donors (Lipinski definition) is 2. The van der Waals surface area contributed by atoms with Crippen LogP contribution in [-0.2, 0) is 16.0 Å². The minimum absolute atomic E-state index is 0.00612. The number of nitrogens with zero attached hydrogens (tertiary/aromatic N) is 3. The summed E-state index contributed by atoms with van der Waals surface area (Å²) in [5, 5.41) is 17.0. The van der Waals surface area contributed by atoms with Gasteiger partial charge in [-0.3, -0.25) is 14.4 Å². The summed E-state index contributed by atoms with van der Waals surface area (Å²) in [7, 11) is 3.85. The lowest BCUT2D eigenvalue weighted by molar-refractivity contribution is -0.138. The van der Waals surface area contributed by atoms with Crippen molar-refractivity contribution in [1.82, 2.24) is 20.0 Å². The van der Waals surface area contributed by atoms with Crippen molar-refractivity contribution in [3.05, 3.63) is 85.8 Å². The molecule has 0 saturated heterocycles. The van der Waals surface area contributed by atoms with Crippen LogP contribution < -0.4 is 10.9 Å². The number of halogens is 2. The molecule has 3 aromatic rings. The molecule has 1 aromatic heterocycles. The molecular weight excluding hydrogens is 554 g/mol. The lowest BCUT2D eigenvalue weighted by atomic mass is 9.90. The number of carboxylic acids is 1. The molecule has 0 spiro atoms. The van der Waals surface area contributed by atoms with Crippen molar-refractivity contribution in [3.63, 3.8) is 0 Å². The second kappa shape index (κ2) is 14.0. The summed E-state index contributed by atoms with van der Waals surface area (Å²) >= 11 is 0. The Bertz CT molecular complexity index is 1540. The van der Waals surface area contributed by atoms with E-state index in [0.717, 1.165) is 0 Å². The maximum Gasteiger partial charge on any atom is 0.305 e. The molecule has 0 fully saturated rings. The number of nitrogens with one attached hydrogen (secondary N) is 1. The Morgan fingerprint density at radius 3 is 2.16 bits per heavy atom. The molecular formula is C33H42F2N4O4. The van der Waals surface area contributed by atoms with E-state index < -0.39 is 47.6 Å². The Hall–Kier alpha value is -3.92. The monoisotopic (exact) mass is 596 g/mol. The fourth-order valence-electron chi connectivity index (χ4n) is 5.38. The lowest BCUT2D eigenvalue weighted by Crippen LogP contribution is -2.42. The second-order valence-corrected chi connectivity index (χ2v) is 12.0. The molecule has 2 N–H and O–H groups in total. The molecule has 0 radical (unpaired) electrons. The van der Waals surface area contributed by atoms with Gasteiger partial charge in [0.25, 0.3) is 5.56 Å². The van der Waals surface area contributed by atoms with Crippen LogP contribution in [0.1, 0.15) is 72.3 Å². The predicted octanol–water partition coefficient (Wildman–Crippen LogP) is 5.45. The summed E-state index contributed by atoms with van der Waals surface area (Å²) in [6.45, 7) is 11.2. The zero-order valence-corrected chi connectivity index (χ0v) is 26.2. The van der Waals surface area contributed by atoms with Gasteiger partial charge in [0.15, 0.2) is 0 Å². The molecule has 0 saturated carbocycles. The van der Waals surface area contributed by atoms with Gasteiger partial charge in [-0.2, -0.15) is 5.10 Å². The Morgan fingerprint density at radius 1 is 0.977 bits per heavy atom. The predicted molar refractivity (Wildman–Crippen MR) is 163 cm³/mol. The highest BCUT2D eigenvalue weighted by molar-refractivity contribution is 5.82. The number of carboxylic acid groups (broad SMARTS) is 1. The molecule has 0 aliphatic heterocycles. The fourth-order valence-corrected chi connectivity index (χ4v) is 5.38. The van der Waals surface area contributed by atoms with Crippen LogP contribution in [0.2, 0.25) is 0 Å². The number of aromatic nitrogens is 2. The standard InChI is InChI=1S/C33H42F2N4O4/c1-18(2)11-28(39-33(43)22(6)15-25(37-39)9-10-38(7)8)32(42)36-27(17-29(40)41)26-16-23(12-21(5)31(26)35)30-19(3)13-24(34)14-20(30)4/h12-16,18,27-28H,9-11,17H2,1-8H3,(H,36,42)(H,40,41)/t27-,28-/m0/s1. The molecule has 8 nitrogen and oxygen atoms in total. The van der Waals surface area contributed by atoms with Crippen LogP contribution in [0.25, 0.3) is 11.1 Å². The topological polar surface area (TPSA) is 105 Å². The number of rotatable bonds is 12. The zero-order valence-electron chi connectivity index (χ0n) is 26.2. The maximum absolute atomic E-state index is 15.7. The van der Waals surface area contributed by atoms with Crippen LogP contribution in [0.5, 0.6) is 0 Å². The quantitative estimate of drug-likeness (QED) is 0.288. The summed E-state index contributed by atoms with van der Waals surface area (Å²) in [5.41, 5.74) is 3.46. The van der Waals surface area contributed by atoms with Crippen molar-refractivity contribution in [2.24, 2.45) is 5.92 Å². The van der Waals surface area contributed by atoms with Crippen LogP contribution in [0.15, 0.2) is 35.1 Å².